The first-order valence-electron chi connectivity index (χ1n) is 5.84. The number of fused-ring (bicyclic) bond motifs is 2. The minimum absolute atomic E-state index is 0.0554. The second-order valence-corrected chi connectivity index (χ2v) is 4.63. The van der Waals surface area contributed by atoms with Gasteiger partial charge in [0.25, 0.3) is 0 Å². The fourth-order valence-electron chi connectivity index (χ4n) is 2.88. The molecule has 2 aliphatic carbocycles. The van der Waals surface area contributed by atoms with Gasteiger partial charge in [0.05, 0.1) is 11.8 Å². The Morgan fingerprint density at radius 3 is 2.50 bits per heavy atom. The van der Waals surface area contributed by atoms with Crippen molar-refractivity contribution in [2.45, 2.75) is 19.8 Å². The van der Waals surface area contributed by atoms with Crippen molar-refractivity contribution in [1.29, 1.82) is 0 Å². The molecule has 4 atom stereocenters. The lowest BCUT2D eigenvalue weighted by atomic mass is 9.82. The van der Waals surface area contributed by atoms with E-state index in [2.05, 4.69) is 5.32 Å². The number of amides is 1. The minimum atomic E-state index is -0.839. The Kier molecular flexibility index (Phi) is 2.99. The standard InChI is InChI=1S/C12H17NO3/c1-2-5-13-11(14)9-7-3-4-8(6-7)10(9)12(15)16/h3-4,7-10H,2,5-6H2,1H3,(H,13,14)(H,15,16)/t7?,8?,9-,10+/m0/s1. The molecular weight excluding hydrogens is 206 g/mol. The van der Waals surface area contributed by atoms with E-state index in [-0.39, 0.29) is 23.7 Å². The summed E-state index contributed by atoms with van der Waals surface area (Å²) in [5, 5.41) is 12.0. The molecule has 2 N–H and O–H groups in total. The molecule has 0 heterocycles. The maximum Gasteiger partial charge on any atom is 0.307 e. The van der Waals surface area contributed by atoms with Gasteiger partial charge in [-0.15, -0.1) is 0 Å². The molecule has 0 aromatic rings. The number of allylic oxidation sites excluding steroid dienone is 2. The van der Waals surface area contributed by atoms with Crippen molar-refractivity contribution in [2.24, 2.45) is 23.7 Å². The van der Waals surface area contributed by atoms with Crippen LogP contribution in [0.4, 0.5) is 0 Å². The van der Waals surface area contributed by atoms with Crippen LogP contribution in [-0.4, -0.2) is 23.5 Å². The van der Waals surface area contributed by atoms with Gasteiger partial charge in [-0.3, -0.25) is 9.59 Å². The molecule has 1 amide bonds. The number of carboxylic acids is 1. The molecule has 2 bridgehead atoms. The van der Waals surface area contributed by atoms with Crippen LogP contribution in [0.3, 0.4) is 0 Å². The van der Waals surface area contributed by atoms with E-state index in [4.69, 9.17) is 5.11 Å². The Labute approximate surface area is 94.7 Å². The summed E-state index contributed by atoms with van der Waals surface area (Å²) in [4.78, 5) is 23.1. The minimum Gasteiger partial charge on any atom is -0.481 e. The normalized spacial score (nSPS) is 35.3. The van der Waals surface area contributed by atoms with Crippen molar-refractivity contribution >= 4 is 11.9 Å². The van der Waals surface area contributed by atoms with Gasteiger partial charge in [-0.1, -0.05) is 19.1 Å². The highest BCUT2D eigenvalue weighted by Gasteiger charge is 2.51. The number of hydrogen-bond acceptors (Lipinski definition) is 2. The first-order chi connectivity index (χ1) is 7.65. The second-order valence-electron chi connectivity index (χ2n) is 4.63. The third-order valence-electron chi connectivity index (χ3n) is 3.60. The summed E-state index contributed by atoms with van der Waals surface area (Å²) in [6.07, 6.45) is 5.65. The van der Waals surface area contributed by atoms with Crippen LogP contribution in [-0.2, 0) is 9.59 Å². The maximum absolute atomic E-state index is 11.9. The molecule has 0 aliphatic heterocycles. The molecule has 1 fully saturated rings. The van der Waals surface area contributed by atoms with E-state index in [1.165, 1.54) is 0 Å². The number of carbonyl (C=O) groups is 2. The SMILES string of the molecule is CCCNC(=O)[C@H]1C2C=CC(C2)[C@H]1C(=O)O. The molecule has 0 spiro atoms. The predicted octanol–water partition coefficient (Wildman–Crippen LogP) is 1.04. The Morgan fingerprint density at radius 1 is 1.31 bits per heavy atom. The molecule has 88 valence electrons. The summed E-state index contributed by atoms with van der Waals surface area (Å²) in [5.41, 5.74) is 0. The van der Waals surface area contributed by atoms with Gasteiger partial charge in [0.15, 0.2) is 0 Å². The van der Waals surface area contributed by atoms with Crippen LogP contribution in [0.1, 0.15) is 19.8 Å². The molecule has 0 aromatic heterocycles. The zero-order chi connectivity index (χ0) is 11.7. The average molecular weight is 223 g/mol. The Bertz CT molecular complexity index is 337. The zero-order valence-corrected chi connectivity index (χ0v) is 9.35. The lowest BCUT2D eigenvalue weighted by Crippen LogP contribution is -2.40. The van der Waals surface area contributed by atoms with Crippen LogP contribution in [0.15, 0.2) is 12.2 Å². The Morgan fingerprint density at radius 2 is 1.94 bits per heavy atom. The number of rotatable bonds is 4. The lowest BCUT2D eigenvalue weighted by molar-refractivity contribution is -0.147. The zero-order valence-electron chi connectivity index (χ0n) is 9.35. The van der Waals surface area contributed by atoms with Crippen LogP contribution in [0.5, 0.6) is 0 Å². The third-order valence-corrected chi connectivity index (χ3v) is 3.60. The molecule has 0 aromatic carbocycles. The number of nitrogens with one attached hydrogen (secondary N) is 1. The summed E-state index contributed by atoms with van der Waals surface area (Å²) in [5.74, 6) is -1.63. The van der Waals surface area contributed by atoms with E-state index < -0.39 is 11.9 Å². The van der Waals surface area contributed by atoms with E-state index in [0.29, 0.717) is 6.54 Å². The maximum atomic E-state index is 11.9. The molecular formula is C12H17NO3. The first-order valence-corrected chi connectivity index (χ1v) is 5.84. The van der Waals surface area contributed by atoms with Gasteiger partial charge in [-0.2, -0.15) is 0 Å². The number of carboxylic acid groups (broad SMARTS) is 1. The molecule has 2 aliphatic rings. The third kappa shape index (κ3) is 1.72. The van der Waals surface area contributed by atoms with Gasteiger partial charge in [0, 0.05) is 6.54 Å². The van der Waals surface area contributed by atoms with E-state index in [0.717, 1.165) is 12.8 Å². The van der Waals surface area contributed by atoms with E-state index in [1.54, 1.807) is 0 Å². The molecule has 4 heteroatoms. The van der Waals surface area contributed by atoms with Crippen LogP contribution >= 0.6 is 0 Å². The molecule has 4 nitrogen and oxygen atoms in total. The highest BCUT2D eigenvalue weighted by Crippen LogP contribution is 2.48. The predicted molar refractivity (Wildman–Crippen MR) is 58.7 cm³/mol. The van der Waals surface area contributed by atoms with E-state index >= 15 is 0 Å². The van der Waals surface area contributed by atoms with E-state index in [1.807, 2.05) is 19.1 Å². The molecule has 1 saturated carbocycles. The van der Waals surface area contributed by atoms with Crippen molar-refractivity contribution < 1.29 is 14.7 Å². The van der Waals surface area contributed by atoms with Gasteiger partial charge >= 0.3 is 5.97 Å². The fourth-order valence-corrected chi connectivity index (χ4v) is 2.88. The first kappa shape index (κ1) is 11.2. The number of aliphatic carboxylic acids is 1. The molecule has 2 unspecified atom stereocenters. The smallest absolute Gasteiger partial charge is 0.307 e. The average Bonchev–Trinajstić information content (AvgIpc) is 2.84. The summed E-state index contributed by atoms with van der Waals surface area (Å²) < 4.78 is 0. The van der Waals surface area contributed by atoms with Crippen molar-refractivity contribution in [1.82, 2.24) is 5.32 Å². The van der Waals surface area contributed by atoms with Crippen LogP contribution < -0.4 is 5.32 Å². The fraction of sp³-hybridized carbons (Fsp3) is 0.667. The van der Waals surface area contributed by atoms with Crippen molar-refractivity contribution in [3.05, 3.63) is 12.2 Å². The van der Waals surface area contributed by atoms with Gasteiger partial charge in [0.1, 0.15) is 0 Å². The van der Waals surface area contributed by atoms with Crippen molar-refractivity contribution in [3.8, 4) is 0 Å². The van der Waals surface area contributed by atoms with Gasteiger partial charge in [-0.25, -0.2) is 0 Å². The number of carbonyl (C=O) groups excluding carboxylic acids is 1. The van der Waals surface area contributed by atoms with Crippen molar-refractivity contribution in [3.63, 3.8) is 0 Å². The number of hydrogen-bond donors (Lipinski definition) is 2. The molecule has 0 radical (unpaired) electrons. The largest absolute Gasteiger partial charge is 0.481 e. The topological polar surface area (TPSA) is 66.4 Å². The Hall–Kier alpha value is -1.32. The monoisotopic (exact) mass is 223 g/mol. The summed E-state index contributed by atoms with van der Waals surface area (Å²) >= 11 is 0. The molecule has 0 saturated heterocycles. The van der Waals surface area contributed by atoms with Gasteiger partial charge < -0.3 is 10.4 Å². The molecule has 16 heavy (non-hydrogen) atoms. The second kappa shape index (κ2) is 4.28. The summed E-state index contributed by atoms with van der Waals surface area (Å²) in [6.45, 7) is 2.61. The van der Waals surface area contributed by atoms with Crippen LogP contribution in [0.25, 0.3) is 0 Å². The highest BCUT2D eigenvalue weighted by atomic mass is 16.4. The van der Waals surface area contributed by atoms with Crippen LogP contribution in [0, 0.1) is 23.7 Å². The van der Waals surface area contributed by atoms with E-state index in [9.17, 15) is 9.59 Å². The quantitative estimate of drug-likeness (QED) is 0.700. The van der Waals surface area contributed by atoms with Gasteiger partial charge in [0.2, 0.25) is 5.91 Å². The van der Waals surface area contributed by atoms with Gasteiger partial charge in [-0.05, 0) is 24.7 Å². The lowest BCUT2D eigenvalue weighted by Gasteiger charge is -2.23. The Balaban J connectivity index is 2.10. The van der Waals surface area contributed by atoms with Crippen LogP contribution in [0.2, 0.25) is 0 Å². The summed E-state index contributed by atoms with van der Waals surface area (Å²) in [7, 11) is 0. The molecule has 2 rings (SSSR count). The summed E-state index contributed by atoms with van der Waals surface area (Å²) in [6, 6.07) is 0. The highest BCUT2D eigenvalue weighted by molar-refractivity contribution is 5.86. The van der Waals surface area contributed by atoms with Crippen molar-refractivity contribution in [2.75, 3.05) is 6.54 Å².